The van der Waals surface area contributed by atoms with E-state index in [9.17, 15) is 4.79 Å². The van der Waals surface area contributed by atoms with Crippen molar-refractivity contribution in [3.05, 3.63) is 48.3 Å². The minimum absolute atomic E-state index is 0.0333. The van der Waals surface area contributed by atoms with E-state index in [1.165, 1.54) is 0 Å². The van der Waals surface area contributed by atoms with Gasteiger partial charge in [0.05, 0.1) is 5.56 Å². The van der Waals surface area contributed by atoms with Gasteiger partial charge in [0.25, 0.3) is 5.91 Å². The maximum absolute atomic E-state index is 12.9. The van der Waals surface area contributed by atoms with E-state index in [0.717, 1.165) is 0 Å². The Morgan fingerprint density at radius 2 is 1.76 bits per heavy atom. The monoisotopic (exact) mass is 336 g/mol. The van der Waals surface area contributed by atoms with Crippen molar-refractivity contribution in [1.29, 1.82) is 0 Å². The maximum Gasteiger partial charge on any atom is 0.254 e. The molecule has 2 aromatic heterocycles. The number of tetrazole rings is 1. The minimum atomic E-state index is -0.0333. The Morgan fingerprint density at radius 3 is 2.48 bits per heavy atom. The van der Waals surface area contributed by atoms with Gasteiger partial charge in [-0.3, -0.25) is 4.79 Å². The van der Waals surface area contributed by atoms with Crippen LogP contribution in [0.3, 0.4) is 0 Å². The van der Waals surface area contributed by atoms with Gasteiger partial charge in [-0.2, -0.15) is 5.21 Å². The molecule has 3 aromatic rings. The van der Waals surface area contributed by atoms with Crippen LogP contribution in [-0.4, -0.2) is 67.6 Å². The van der Waals surface area contributed by atoms with Crippen molar-refractivity contribution in [2.75, 3.05) is 31.1 Å². The van der Waals surface area contributed by atoms with Crippen LogP contribution in [0.2, 0.25) is 0 Å². The Labute approximate surface area is 143 Å². The molecule has 0 radical (unpaired) electrons. The molecule has 126 valence electrons. The lowest BCUT2D eigenvalue weighted by Gasteiger charge is -2.34. The lowest BCUT2D eigenvalue weighted by molar-refractivity contribution is 0.0747. The van der Waals surface area contributed by atoms with Crippen LogP contribution in [0.4, 0.5) is 5.95 Å². The van der Waals surface area contributed by atoms with Crippen molar-refractivity contribution in [1.82, 2.24) is 35.5 Å². The van der Waals surface area contributed by atoms with Crippen molar-refractivity contribution in [2.24, 2.45) is 0 Å². The summed E-state index contributed by atoms with van der Waals surface area (Å²) in [6.07, 6.45) is 3.45. The Balaban J connectivity index is 1.50. The molecule has 0 atom stereocenters. The molecule has 3 heterocycles. The summed E-state index contributed by atoms with van der Waals surface area (Å²) in [6, 6.07) is 9.10. The third-order valence-corrected chi connectivity index (χ3v) is 4.15. The van der Waals surface area contributed by atoms with Gasteiger partial charge < -0.3 is 9.80 Å². The third-order valence-electron chi connectivity index (χ3n) is 4.15. The average molecular weight is 336 g/mol. The SMILES string of the molecule is O=C(c1ccccc1-c1nn[nH]n1)N1CCN(c2ncccn2)CC1. The lowest BCUT2D eigenvalue weighted by Crippen LogP contribution is -2.49. The summed E-state index contributed by atoms with van der Waals surface area (Å²) in [7, 11) is 0. The van der Waals surface area contributed by atoms with Crippen LogP contribution in [0.25, 0.3) is 11.4 Å². The molecule has 1 saturated heterocycles. The highest BCUT2D eigenvalue weighted by Gasteiger charge is 2.25. The fraction of sp³-hybridized carbons (Fsp3) is 0.250. The maximum atomic E-state index is 12.9. The molecule has 0 bridgehead atoms. The number of aromatic amines is 1. The lowest BCUT2D eigenvalue weighted by atomic mass is 10.1. The van der Waals surface area contributed by atoms with Gasteiger partial charge in [-0.15, -0.1) is 10.2 Å². The predicted molar refractivity (Wildman–Crippen MR) is 89.8 cm³/mol. The highest BCUT2D eigenvalue weighted by Crippen LogP contribution is 2.21. The van der Waals surface area contributed by atoms with Crippen LogP contribution in [0.15, 0.2) is 42.7 Å². The summed E-state index contributed by atoms with van der Waals surface area (Å²) in [4.78, 5) is 25.4. The van der Waals surface area contributed by atoms with E-state index in [1.807, 2.05) is 23.1 Å². The third kappa shape index (κ3) is 3.03. The number of hydrogen-bond donors (Lipinski definition) is 1. The van der Waals surface area contributed by atoms with Gasteiger partial charge in [-0.05, 0) is 17.3 Å². The molecule has 0 saturated carbocycles. The quantitative estimate of drug-likeness (QED) is 0.747. The number of aromatic nitrogens is 6. The number of carbonyl (C=O) groups is 1. The van der Waals surface area contributed by atoms with Crippen molar-refractivity contribution in [3.8, 4) is 11.4 Å². The van der Waals surface area contributed by atoms with E-state index < -0.39 is 0 Å². The van der Waals surface area contributed by atoms with Crippen LogP contribution in [-0.2, 0) is 0 Å². The molecule has 0 aliphatic carbocycles. The molecule has 1 fully saturated rings. The minimum Gasteiger partial charge on any atom is -0.337 e. The predicted octanol–water partition coefficient (Wildman–Crippen LogP) is 0.619. The molecule has 1 aliphatic heterocycles. The number of benzene rings is 1. The normalized spacial score (nSPS) is 14.6. The number of amides is 1. The standard InChI is InChI=1S/C16H16N8O/c25-15(13-5-2-1-4-12(13)14-19-21-22-20-14)23-8-10-24(11-9-23)16-17-6-3-7-18-16/h1-7H,8-11H2,(H,19,20,21,22). The van der Waals surface area contributed by atoms with E-state index >= 15 is 0 Å². The zero-order chi connectivity index (χ0) is 17.1. The number of piperazine rings is 1. The molecule has 1 N–H and O–H groups in total. The Bertz CT molecular complexity index is 844. The van der Waals surface area contributed by atoms with Crippen LogP contribution in [0.1, 0.15) is 10.4 Å². The first kappa shape index (κ1) is 15.2. The molecule has 9 heteroatoms. The molecule has 0 unspecified atom stereocenters. The summed E-state index contributed by atoms with van der Waals surface area (Å²) >= 11 is 0. The first-order chi connectivity index (χ1) is 12.3. The smallest absolute Gasteiger partial charge is 0.254 e. The van der Waals surface area contributed by atoms with Crippen molar-refractivity contribution < 1.29 is 4.79 Å². The van der Waals surface area contributed by atoms with E-state index in [4.69, 9.17) is 0 Å². The molecule has 9 nitrogen and oxygen atoms in total. The number of anilines is 1. The van der Waals surface area contributed by atoms with Gasteiger partial charge in [0, 0.05) is 44.1 Å². The summed E-state index contributed by atoms with van der Waals surface area (Å²) in [6.45, 7) is 2.61. The summed E-state index contributed by atoms with van der Waals surface area (Å²) < 4.78 is 0. The number of nitrogens with one attached hydrogen (secondary N) is 1. The molecule has 0 spiro atoms. The second-order valence-corrected chi connectivity index (χ2v) is 5.61. The fourth-order valence-corrected chi connectivity index (χ4v) is 2.87. The highest BCUT2D eigenvalue weighted by molar-refractivity contribution is 6.00. The Hall–Kier alpha value is -3.36. The van der Waals surface area contributed by atoms with Crippen LogP contribution < -0.4 is 4.90 Å². The molecule has 1 aliphatic rings. The largest absolute Gasteiger partial charge is 0.337 e. The highest BCUT2D eigenvalue weighted by atomic mass is 16.2. The number of rotatable bonds is 3. The fourth-order valence-electron chi connectivity index (χ4n) is 2.87. The van der Waals surface area contributed by atoms with Gasteiger partial charge in [0.1, 0.15) is 0 Å². The van der Waals surface area contributed by atoms with Crippen LogP contribution in [0.5, 0.6) is 0 Å². The van der Waals surface area contributed by atoms with E-state index in [2.05, 4.69) is 35.5 Å². The number of carbonyl (C=O) groups excluding carboxylic acids is 1. The Morgan fingerprint density at radius 1 is 1.00 bits per heavy atom. The second-order valence-electron chi connectivity index (χ2n) is 5.61. The summed E-state index contributed by atoms with van der Waals surface area (Å²) in [5.74, 6) is 1.08. The molecular formula is C16H16N8O. The zero-order valence-corrected chi connectivity index (χ0v) is 13.4. The van der Waals surface area contributed by atoms with E-state index in [0.29, 0.717) is 49.1 Å². The van der Waals surface area contributed by atoms with Crippen molar-refractivity contribution in [3.63, 3.8) is 0 Å². The van der Waals surface area contributed by atoms with Crippen molar-refractivity contribution >= 4 is 11.9 Å². The first-order valence-corrected chi connectivity index (χ1v) is 7.97. The van der Waals surface area contributed by atoms with Gasteiger partial charge in [0.2, 0.25) is 11.8 Å². The Kier molecular flexibility index (Phi) is 4.03. The number of nitrogens with zero attached hydrogens (tertiary/aromatic N) is 7. The van der Waals surface area contributed by atoms with E-state index in [-0.39, 0.29) is 5.91 Å². The molecule has 1 amide bonds. The van der Waals surface area contributed by atoms with E-state index in [1.54, 1.807) is 24.5 Å². The van der Waals surface area contributed by atoms with Gasteiger partial charge in [-0.25, -0.2) is 9.97 Å². The summed E-state index contributed by atoms with van der Waals surface area (Å²) in [5.41, 5.74) is 1.25. The van der Waals surface area contributed by atoms with Crippen LogP contribution in [0, 0.1) is 0 Å². The van der Waals surface area contributed by atoms with Gasteiger partial charge in [0.15, 0.2) is 0 Å². The van der Waals surface area contributed by atoms with Gasteiger partial charge >= 0.3 is 0 Å². The second kappa shape index (κ2) is 6.63. The molecule has 1 aromatic carbocycles. The number of hydrogen-bond acceptors (Lipinski definition) is 7. The number of H-pyrrole nitrogens is 1. The molecular weight excluding hydrogens is 320 g/mol. The topological polar surface area (TPSA) is 104 Å². The summed E-state index contributed by atoms with van der Waals surface area (Å²) in [5, 5.41) is 14.0. The molecule has 25 heavy (non-hydrogen) atoms. The molecule has 4 rings (SSSR count). The zero-order valence-electron chi connectivity index (χ0n) is 13.4. The average Bonchev–Trinajstić information content (AvgIpc) is 3.23. The first-order valence-electron chi connectivity index (χ1n) is 7.97. The van der Waals surface area contributed by atoms with Gasteiger partial charge in [-0.1, -0.05) is 18.2 Å². The van der Waals surface area contributed by atoms with Crippen molar-refractivity contribution in [2.45, 2.75) is 0 Å². The van der Waals surface area contributed by atoms with Crippen LogP contribution >= 0.6 is 0 Å².